The summed E-state index contributed by atoms with van der Waals surface area (Å²) in [7, 11) is 0. The molecule has 0 radical (unpaired) electrons. The summed E-state index contributed by atoms with van der Waals surface area (Å²) >= 11 is 0. The molecule has 0 saturated carbocycles. The average molecular weight is 267 g/mol. The van der Waals surface area contributed by atoms with Crippen LogP contribution >= 0.6 is 0 Å². The number of carbonyl (C=O) groups excluding carboxylic acids is 1. The number of unbranched alkanes of at least 4 members (excludes halogenated alkanes) is 2. The zero-order valence-electron chi connectivity index (χ0n) is 12.0. The Morgan fingerprint density at radius 3 is 2.79 bits per heavy atom. The zero-order chi connectivity index (χ0) is 13.9. The van der Waals surface area contributed by atoms with Gasteiger partial charge in [0.15, 0.2) is 0 Å². The number of ether oxygens (including phenoxy) is 2. The molecule has 0 spiro atoms. The third-order valence-corrected chi connectivity index (χ3v) is 2.90. The standard InChI is InChI=1S/C15H25NO3/c1-3-4-5-6-7-13(2)8-15(17)16-9-14-10-18-12-19-11-14/h6-8,14H,3-5,9-12H2,1-2H3,(H,16,17)/b7-6+,13-8+. The van der Waals surface area contributed by atoms with Crippen molar-refractivity contribution in [3.05, 3.63) is 23.8 Å². The highest BCUT2D eigenvalue weighted by atomic mass is 16.7. The maximum atomic E-state index is 11.7. The molecule has 1 amide bonds. The monoisotopic (exact) mass is 267 g/mol. The smallest absolute Gasteiger partial charge is 0.244 e. The lowest BCUT2D eigenvalue weighted by atomic mass is 10.1. The molecular formula is C15H25NO3. The summed E-state index contributed by atoms with van der Waals surface area (Å²) in [4.78, 5) is 11.7. The third kappa shape index (κ3) is 7.80. The van der Waals surface area contributed by atoms with Gasteiger partial charge in [-0.05, 0) is 18.9 Å². The maximum absolute atomic E-state index is 11.7. The van der Waals surface area contributed by atoms with Crippen molar-refractivity contribution >= 4 is 5.91 Å². The Morgan fingerprint density at radius 2 is 2.11 bits per heavy atom. The lowest BCUT2D eigenvalue weighted by molar-refractivity contribution is -0.128. The summed E-state index contributed by atoms with van der Waals surface area (Å²) < 4.78 is 10.3. The molecule has 108 valence electrons. The number of allylic oxidation sites excluding steroid dienone is 3. The lowest BCUT2D eigenvalue weighted by Crippen LogP contribution is -2.35. The minimum absolute atomic E-state index is 0.0526. The molecule has 1 rings (SSSR count). The van der Waals surface area contributed by atoms with E-state index in [1.54, 1.807) is 6.08 Å². The number of carbonyl (C=O) groups is 1. The molecule has 1 aliphatic rings. The van der Waals surface area contributed by atoms with Gasteiger partial charge < -0.3 is 14.8 Å². The molecule has 0 aromatic rings. The molecule has 1 N–H and O–H groups in total. The maximum Gasteiger partial charge on any atom is 0.244 e. The lowest BCUT2D eigenvalue weighted by Gasteiger charge is -2.22. The fraction of sp³-hybridized carbons (Fsp3) is 0.667. The van der Waals surface area contributed by atoms with Gasteiger partial charge in [-0.1, -0.05) is 31.9 Å². The van der Waals surface area contributed by atoms with Crippen molar-refractivity contribution in [2.45, 2.75) is 33.1 Å². The Kier molecular flexibility index (Phi) is 8.18. The van der Waals surface area contributed by atoms with Crippen molar-refractivity contribution in [1.29, 1.82) is 0 Å². The Balaban J connectivity index is 2.22. The molecule has 1 aliphatic heterocycles. The van der Waals surface area contributed by atoms with Gasteiger partial charge in [0.25, 0.3) is 0 Å². The molecule has 1 saturated heterocycles. The van der Waals surface area contributed by atoms with E-state index in [2.05, 4.69) is 18.3 Å². The molecular weight excluding hydrogens is 242 g/mol. The van der Waals surface area contributed by atoms with Crippen LogP contribution in [0.5, 0.6) is 0 Å². The highest BCUT2D eigenvalue weighted by Crippen LogP contribution is 2.04. The Hall–Kier alpha value is -1.13. The van der Waals surface area contributed by atoms with Gasteiger partial charge in [-0.25, -0.2) is 0 Å². The van der Waals surface area contributed by atoms with Gasteiger partial charge in [-0.2, -0.15) is 0 Å². The number of nitrogens with one attached hydrogen (secondary N) is 1. The highest BCUT2D eigenvalue weighted by Gasteiger charge is 2.14. The van der Waals surface area contributed by atoms with Gasteiger partial charge in [0.05, 0.1) is 13.2 Å². The van der Waals surface area contributed by atoms with Crippen molar-refractivity contribution < 1.29 is 14.3 Å². The number of hydrogen-bond acceptors (Lipinski definition) is 3. The number of hydrogen-bond donors (Lipinski definition) is 1. The van der Waals surface area contributed by atoms with Crippen LogP contribution in [0, 0.1) is 5.92 Å². The summed E-state index contributed by atoms with van der Waals surface area (Å²) in [6, 6.07) is 0. The van der Waals surface area contributed by atoms with Gasteiger partial charge in [-0.3, -0.25) is 4.79 Å². The van der Waals surface area contributed by atoms with E-state index in [4.69, 9.17) is 9.47 Å². The minimum Gasteiger partial charge on any atom is -0.355 e. The minimum atomic E-state index is -0.0526. The molecule has 4 nitrogen and oxygen atoms in total. The summed E-state index contributed by atoms with van der Waals surface area (Å²) in [5, 5.41) is 2.88. The second-order valence-corrected chi connectivity index (χ2v) is 4.90. The predicted octanol–water partition coefficient (Wildman–Crippen LogP) is 2.42. The molecule has 4 heteroatoms. The van der Waals surface area contributed by atoms with Crippen molar-refractivity contribution in [3.63, 3.8) is 0 Å². The molecule has 0 aromatic carbocycles. The molecule has 0 aromatic heterocycles. The first-order valence-electron chi connectivity index (χ1n) is 7.00. The summed E-state index contributed by atoms with van der Waals surface area (Å²) in [6.07, 6.45) is 9.21. The summed E-state index contributed by atoms with van der Waals surface area (Å²) in [5.74, 6) is 0.203. The molecule has 1 fully saturated rings. The summed E-state index contributed by atoms with van der Waals surface area (Å²) in [6.45, 7) is 6.38. The SMILES string of the molecule is CCCC/C=C/C(C)=C/C(=O)NCC1COCOC1. The van der Waals surface area contributed by atoms with Crippen LogP contribution in [0.2, 0.25) is 0 Å². The van der Waals surface area contributed by atoms with Crippen LogP contribution in [0.25, 0.3) is 0 Å². The highest BCUT2D eigenvalue weighted by molar-refractivity contribution is 5.88. The quantitative estimate of drug-likeness (QED) is 0.438. The Morgan fingerprint density at radius 1 is 1.37 bits per heavy atom. The molecule has 0 unspecified atom stereocenters. The van der Waals surface area contributed by atoms with Crippen LogP contribution in [0.3, 0.4) is 0 Å². The van der Waals surface area contributed by atoms with E-state index in [-0.39, 0.29) is 11.8 Å². The molecule has 0 atom stereocenters. The first-order chi connectivity index (χ1) is 9.22. The van der Waals surface area contributed by atoms with E-state index < -0.39 is 0 Å². The fourth-order valence-corrected chi connectivity index (χ4v) is 1.80. The van der Waals surface area contributed by atoms with Crippen LogP contribution in [0.15, 0.2) is 23.8 Å². The van der Waals surface area contributed by atoms with E-state index in [0.29, 0.717) is 26.6 Å². The molecule has 0 aliphatic carbocycles. The van der Waals surface area contributed by atoms with Crippen LogP contribution < -0.4 is 5.32 Å². The van der Waals surface area contributed by atoms with Crippen molar-refractivity contribution in [2.75, 3.05) is 26.6 Å². The van der Waals surface area contributed by atoms with E-state index in [1.165, 1.54) is 12.8 Å². The molecule has 19 heavy (non-hydrogen) atoms. The average Bonchev–Trinajstić information content (AvgIpc) is 2.42. The van der Waals surface area contributed by atoms with E-state index >= 15 is 0 Å². The normalized spacial score (nSPS) is 17.9. The predicted molar refractivity (Wildman–Crippen MR) is 75.7 cm³/mol. The van der Waals surface area contributed by atoms with E-state index in [9.17, 15) is 4.79 Å². The molecule has 0 bridgehead atoms. The van der Waals surface area contributed by atoms with Crippen molar-refractivity contribution in [3.8, 4) is 0 Å². The van der Waals surface area contributed by atoms with E-state index in [0.717, 1.165) is 12.0 Å². The van der Waals surface area contributed by atoms with Crippen LogP contribution in [0.1, 0.15) is 33.1 Å². The number of amides is 1. The van der Waals surface area contributed by atoms with Crippen LogP contribution in [-0.4, -0.2) is 32.5 Å². The fourth-order valence-electron chi connectivity index (χ4n) is 1.80. The second-order valence-electron chi connectivity index (χ2n) is 4.90. The third-order valence-electron chi connectivity index (χ3n) is 2.90. The zero-order valence-corrected chi connectivity index (χ0v) is 12.0. The van der Waals surface area contributed by atoms with E-state index in [1.807, 2.05) is 13.0 Å². The largest absolute Gasteiger partial charge is 0.355 e. The van der Waals surface area contributed by atoms with Crippen molar-refractivity contribution in [2.24, 2.45) is 5.92 Å². The van der Waals surface area contributed by atoms with Crippen molar-refractivity contribution in [1.82, 2.24) is 5.32 Å². The first kappa shape index (κ1) is 15.9. The van der Waals surface area contributed by atoms with Gasteiger partial charge in [0, 0.05) is 18.5 Å². The van der Waals surface area contributed by atoms with Gasteiger partial charge in [0.2, 0.25) is 5.91 Å². The first-order valence-corrected chi connectivity index (χ1v) is 7.00. The van der Waals surface area contributed by atoms with Gasteiger partial charge in [0.1, 0.15) is 6.79 Å². The van der Waals surface area contributed by atoms with Crippen LogP contribution in [0.4, 0.5) is 0 Å². The summed E-state index contributed by atoms with van der Waals surface area (Å²) in [5.41, 5.74) is 0.977. The molecule has 1 heterocycles. The Labute approximate surface area is 115 Å². The second kappa shape index (κ2) is 9.75. The van der Waals surface area contributed by atoms with Gasteiger partial charge >= 0.3 is 0 Å². The topological polar surface area (TPSA) is 47.6 Å². The Bertz CT molecular complexity index is 317. The number of rotatable bonds is 7. The van der Waals surface area contributed by atoms with Gasteiger partial charge in [-0.15, -0.1) is 0 Å². The van der Waals surface area contributed by atoms with Crippen LogP contribution in [-0.2, 0) is 14.3 Å².